The van der Waals surface area contributed by atoms with Gasteiger partial charge in [-0.3, -0.25) is 9.36 Å². The van der Waals surface area contributed by atoms with Gasteiger partial charge < -0.3 is 20.3 Å². The summed E-state index contributed by atoms with van der Waals surface area (Å²) < 4.78 is 21.4. The van der Waals surface area contributed by atoms with E-state index < -0.39 is 22.8 Å². The number of carbonyl (C=O) groups is 1. The molecule has 0 unspecified atom stereocenters. The first-order chi connectivity index (χ1) is 12.8. The normalized spacial score (nSPS) is 16.4. The van der Waals surface area contributed by atoms with Gasteiger partial charge in [0, 0.05) is 31.4 Å². The largest absolute Gasteiger partial charge is 0.477 e. The third kappa shape index (κ3) is 3.23. The molecular formula is C18H18ClFN4O4. The number of rotatable bonds is 3. The van der Waals surface area contributed by atoms with E-state index in [0.717, 1.165) is 12.5 Å². The molecule has 1 aliphatic heterocycles. The maximum absolute atomic E-state index is 14.7. The highest BCUT2D eigenvalue weighted by Gasteiger charge is 2.24. The fourth-order valence-electron chi connectivity index (χ4n) is 3.38. The van der Waals surface area contributed by atoms with E-state index in [9.17, 15) is 19.1 Å². The molecule has 28 heavy (non-hydrogen) atoms. The number of hydrogen-bond donors (Lipinski definition) is 2. The van der Waals surface area contributed by atoms with Gasteiger partial charge in [0.2, 0.25) is 11.3 Å². The van der Waals surface area contributed by atoms with Crippen molar-refractivity contribution in [2.45, 2.75) is 19.4 Å². The van der Waals surface area contributed by atoms with Crippen LogP contribution in [0.1, 0.15) is 22.5 Å². The quantitative estimate of drug-likeness (QED) is 0.681. The average molecular weight is 409 g/mol. The number of anilines is 1. The zero-order valence-corrected chi connectivity index (χ0v) is 15.7. The highest BCUT2D eigenvalue weighted by Crippen LogP contribution is 2.29. The monoisotopic (exact) mass is 408 g/mol. The van der Waals surface area contributed by atoms with Crippen LogP contribution >= 0.6 is 12.4 Å². The summed E-state index contributed by atoms with van der Waals surface area (Å²) >= 11 is 0. The molecule has 0 aliphatic carbocycles. The molecule has 1 aliphatic rings. The van der Waals surface area contributed by atoms with Crippen LogP contribution in [0.25, 0.3) is 16.8 Å². The molecule has 0 radical (unpaired) electrons. The minimum absolute atomic E-state index is 0. The number of aromatic nitrogens is 2. The molecular weight excluding hydrogens is 391 g/mol. The second-order valence-corrected chi connectivity index (χ2v) is 6.67. The van der Waals surface area contributed by atoms with Crippen LogP contribution in [0.15, 0.2) is 33.7 Å². The number of carboxylic acid groups (broad SMARTS) is 1. The van der Waals surface area contributed by atoms with Crippen LogP contribution in [0.2, 0.25) is 0 Å². The summed E-state index contributed by atoms with van der Waals surface area (Å²) in [6.07, 6.45) is 1.91. The van der Waals surface area contributed by atoms with Gasteiger partial charge in [0.1, 0.15) is 11.4 Å². The number of hydrogen-bond acceptors (Lipinski definition) is 6. The Balaban J connectivity index is 0.00000225. The molecule has 3 N–H and O–H groups in total. The highest BCUT2D eigenvalue weighted by molar-refractivity contribution is 5.94. The summed E-state index contributed by atoms with van der Waals surface area (Å²) in [5.74, 6) is -1.77. The van der Waals surface area contributed by atoms with E-state index >= 15 is 0 Å². The number of carboxylic acids is 1. The number of benzene rings is 1. The summed E-state index contributed by atoms with van der Waals surface area (Å²) in [6, 6.07) is 4.15. The van der Waals surface area contributed by atoms with E-state index in [4.69, 9.17) is 10.3 Å². The molecule has 3 aromatic rings. The van der Waals surface area contributed by atoms with Crippen molar-refractivity contribution in [1.29, 1.82) is 0 Å². The summed E-state index contributed by atoms with van der Waals surface area (Å²) in [4.78, 5) is 25.8. The molecule has 0 saturated carbocycles. The lowest BCUT2D eigenvalue weighted by molar-refractivity contribution is 0.0695. The number of pyridine rings is 1. The Kier molecular flexibility index (Phi) is 5.14. The zero-order valence-electron chi connectivity index (χ0n) is 14.9. The van der Waals surface area contributed by atoms with E-state index in [1.807, 2.05) is 4.90 Å². The summed E-state index contributed by atoms with van der Waals surface area (Å²) in [6.45, 7) is 2.82. The van der Waals surface area contributed by atoms with E-state index in [1.165, 1.54) is 16.8 Å². The third-order valence-electron chi connectivity index (χ3n) is 4.72. The van der Waals surface area contributed by atoms with Crippen LogP contribution in [0.3, 0.4) is 0 Å². The Hall–Kier alpha value is -2.91. The number of nitrogens with two attached hydrogens (primary N) is 1. The van der Waals surface area contributed by atoms with Crippen molar-refractivity contribution >= 4 is 35.0 Å². The van der Waals surface area contributed by atoms with Crippen molar-refractivity contribution in [1.82, 2.24) is 9.72 Å². The van der Waals surface area contributed by atoms with Gasteiger partial charge in [0.25, 0.3) is 0 Å². The first-order valence-corrected chi connectivity index (χ1v) is 8.41. The molecule has 1 fully saturated rings. The molecule has 4 rings (SSSR count). The fraction of sp³-hybridized carbons (Fsp3) is 0.278. The van der Waals surface area contributed by atoms with Gasteiger partial charge in [-0.05, 0) is 25.5 Å². The topological polar surface area (TPSA) is 115 Å². The zero-order chi connectivity index (χ0) is 19.3. The van der Waals surface area contributed by atoms with Crippen LogP contribution in [0, 0.1) is 12.7 Å². The summed E-state index contributed by atoms with van der Waals surface area (Å²) in [5, 5.41) is 13.1. The number of fused-ring (bicyclic) bond motifs is 1. The lowest BCUT2D eigenvalue weighted by Gasteiger charge is -2.20. The molecule has 148 valence electrons. The molecule has 1 atom stereocenters. The second-order valence-electron chi connectivity index (χ2n) is 6.67. The van der Waals surface area contributed by atoms with Crippen LogP contribution < -0.4 is 16.1 Å². The maximum Gasteiger partial charge on any atom is 0.341 e. The summed E-state index contributed by atoms with van der Waals surface area (Å²) in [7, 11) is 0. The minimum Gasteiger partial charge on any atom is -0.477 e. The number of aromatic carboxylic acids is 1. The Morgan fingerprint density at radius 3 is 2.71 bits per heavy atom. The van der Waals surface area contributed by atoms with Crippen LogP contribution in [-0.4, -0.2) is 39.9 Å². The molecule has 0 spiro atoms. The van der Waals surface area contributed by atoms with E-state index in [1.54, 1.807) is 13.0 Å². The van der Waals surface area contributed by atoms with E-state index in [0.29, 0.717) is 30.0 Å². The molecule has 3 heterocycles. The minimum atomic E-state index is -1.40. The van der Waals surface area contributed by atoms with Gasteiger partial charge in [0.05, 0.1) is 22.3 Å². The first-order valence-electron chi connectivity index (χ1n) is 8.41. The van der Waals surface area contributed by atoms with Gasteiger partial charge in [-0.15, -0.1) is 12.4 Å². The number of aryl methyl sites for hydroxylation is 1. The molecule has 2 aromatic heterocycles. The smallest absolute Gasteiger partial charge is 0.341 e. The summed E-state index contributed by atoms with van der Waals surface area (Å²) in [5.41, 5.74) is 5.91. The lowest BCUT2D eigenvalue weighted by Crippen LogP contribution is -2.27. The molecule has 0 amide bonds. The number of halogens is 2. The predicted molar refractivity (Wildman–Crippen MR) is 103 cm³/mol. The Morgan fingerprint density at radius 2 is 2.14 bits per heavy atom. The van der Waals surface area contributed by atoms with Crippen molar-refractivity contribution in [3.8, 4) is 5.88 Å². The van der Waals surface area contributed by atoms with Gasteiger partial charge in [-0.2, -0.15) is 0 Å². The molecule has 8 nitrogen and oxygen atoms in total. The molecule has 1 saturated heterocycles. The SMILES string of the molecule is Cc1cc(-n2cc(C(=O)O)c(=O)c3cc(F)c(N4CC[C@H](N)C4)cc32)on1.Cl. The third-order valence-corrected chi connectivity index (χ3v) is 4.72. The standard InChI is InChI=1S/C18H17FN4O4.ClH/c1-9-4-16(27-21-9)23-8-12(18(25)26)17(24)11-5-13(19)15(6-14(11)23)22-3-2-10(20)7-22;/h4-6,8,10H,2-3,7,20H2,1H3,(H,25,26);1H/t10-;/m0./s1. The van der Waals surface area contributed by atoms with E-state index in [2.05, 4.69) is 5.16 Å². The Labute approximate surface area is 164 Å². The Bertz CT molecular complexity index is 1130. The Morgan fingerprint density at radius 1 is 1.39 bits per heavy atom. The molecule has 0 bridgehead atoms. The van der Waals surface area contributed by atoms with Gasteiger partial charge in [-0.25, -0.2) is 9.18 Å². The van der Waals surface area contributed by atoms with Gasteiger partial charge in [0.15, 0.2) is 0 Å². The second kappa shape index (κ2) is 7.25. The average Bonchev–Trinajstić information content (AvgIpc) is 3.23. The molecule has 10 heteroatoms. The van der Waals surface area contributed by atoms with Crippen molar-refractivity contribution in [2.24, 2.45) is 5.73 Å². The van der Waals surface area contributed by atoms with Crippen molar-refractivity contribution < 1.29 is 18.8 Å². The van der Waals surface area contributed by atoms with E-state index in [-0.39, 0.29) is 29.7 Å². The van der Waals surface area contributed by atoms with Crippen LogP contribution in [0.4, 0.5) is 10.1 Å². The van der Waals surface area contributed by atoms with Gasteiger partial charge in [-0.1, -0.05) is 5.16 Å². The molecule has 1 aromatic carbocycles. The lowest BCUT2D eigenvalue weighted by atomic mass is 10.1. The van der Waals surface area contributed by atoms with Crippen molar-refractivity contribution in [2.75, 3.05) is 18.0 Å². The van der Waals surface area contributed by atoms with Gasteiger partial charge >= 0.3 is 5.97 Å². The highest BCUT2D eigenvalue weighted by atomic mass is 35.5. The van der Waals surface area contributed by atoms with Crippen LogP contribution in [0.5, 0.6) is 0 Å². The number of nitrogens with zero attached hydrogens (tertiary/aromatic N) is 3. The first kappa shape index (κ1) is 19.8. The van der Waals surface area contributed by atoms with Crippen molar-refractivity contribution in [3.63, 3.8) is 0 Å². The predicted octanol–water partition coefficient (Wildman–Crippen LogP) is 2.08. The fourth-order valence-corrected chi connectivity index (χ4v) is 3.38. The maximum atomic E-state index is 14.7. The van der Waals surface area contributed by atoms with Crippen molar-refractivity contribution in [3.05, 3.63) is 51.7 Å². The van der Waals surface area contributed by atoms with Crippen LogP contribution in [-0.2, 0) is 0 Å².